The normalized spacial score (nSPS) is 12.2. The highest BCUT2D eigenvalue weighted by molar-refractivity contribution is 7.16. The van der Waals surface area contributed by atoms with Gasteiger partial charge < -0.3 is 14.0 Å². The second-order valence-corrected chi connectivity index (χ2v) is 5.87. The number of methoxy groups -OCH3 is 2. The van der Waals surface area contributed by atoms with Crippen LogP contribution in [0.15, 0.2) is 52.7 Å². The van der Waals surface area contributed by atoms with Gasteiger partial charge in [0.1, 0.15) is 11.5 Å². The lowest BCUT2D eigenvalue weighted by Gasteiger charge is -2.06. The topological polar surface area (TPSA) is 48.1 Å². The highest BCUT2D eigenvalue weighted by Crippen LogP contribution is 2.23. The van der Waals surface area contributed by atoms with E-state index in [2.05, 4.69) is 22.3 Å². The summed E-state index contributed by atoms with van der Waals surface area (Å²) in [5.41, 5.74) is 1.99. The molecule has 23 heavy (non-hydrogen) atoms. The van der Waals surface area contributed by atoms with Gasteiger partial charge in [0.05, 0.1) is 30.7 Å². The molecule has 0 unspecified atom stereocenters. The third-order valence-electron chi connectivity index (χ3n) is 3.50. The molecule has 1 heterocycles. The zero-order chi connectivity index (χ0) is 16.2. The maximum absolute atomic E-state index is 5.35. The highest BCUT2D eigenvalue weighted by Gasteiger charge is 2.03. The predicted molar refractivity (Wildman–Crippen MR) is 93.5 cm³/mol. The van der Waals surface area contributed by atoms with Crippen molar-refractivity contribution < 1.29 is 9.47 Å². The summed E-state index contributed by atoms with van der Waals surface area (Å²) in [4.78, 5) is 0.843. The summed E-state index contributed by atoms with van der Waals surface area (Å²) in [7, 11) is 5.23. The van der Waals surface area contributed by atoms with Gasteiger partial charge in [-0.05, 0) is 24.3 Å². The van der Waals surface area contributed by atoms with E-state index in [0.29, 0.717) is 5.75 Å². The lowest BCUT2D eigenvalue weighted by atomic mass is 10.2. The fourth-order valence-electron chi connectivity index (χ4n) is 2.24. The Morgan fingerprint density at radius 1 is 1.09 bits per heavy atom. The third kappa shape index (κ3) is 3.12. The minimum atomic E-state index is 0.698. The zero-order valence-electron chi connectivity index (χ0n) is 13.2. The fourth-order valence-corrected chi connectivity index (χ4v) is 3.22. The number of hydrogen-bond donors (Lipinski definition) is 0. The Bertz CT molecular complexity index is 925. The number of aromatic nitrogens is 1. The van der Waals surface area contributed by atoms with Crippen molar-refractivity contribution in [1.29, 1.82) is 0 Å². The van der Waals surface area contributed by atoms with Crippen molar-refractivity contribution in [1.82, 2.24) is 4.57 Å². The Morgan fingerprint density at radius 3 is 2.65 bits per heavy atom. The maximum atomic E-state index is 5.35. The van der Waals surface area contributed by atoms with Crippen LogP contribution in [-0.2, 0) is 7.05 Å². The number of rotatable bonds is 4. The van der Waals surface area contributed by atoms with Crippen molar-refractivity contribution in [2.24, 2.45) is 17.3 Å². The zero-order valence-corrected chi connectivity index (χ0v) is 14.0. The van der Waals surface area contributed by atoms with Crippen LogP contribution in [0.25, 0.3) is 10.2 Å². The van der Waals surface area contributed by atoms with Crippen LogP contribution in [0.1, 0.15) is 5.56 Å². The smallest absolute Gasteiger partial charge is 0.211 e. The Kier molecular flexibility index (Phi) is 4.43. The minimum Gasteiger partial charge on any atom is -0.497 e. The summed E-state index contributed by atoms with van der Waals surface area (Å²) in [5.74, 6) is 1.44. The lowest BCUT2D eigenvalue weighted by Crippen LogP contribution is -2.08. The van der Waals surface area contributed by atoms with Crippen molar-refractivity contribution in [3.8, 4) is 11.5 Å². The van der Waals surface area contributed by atoms with E-state index in [9.17, 15) is 0 Å². The van der Waals surface area contributed by atoms with E-state index in [0.717, 1.165) is 21.6 Å². The fraction of sp³-hybridized carbons (Fsp3) is 0.176. The Morgan fingerprint density at radius 2 is 1.91 bits per heavy atom. The van der Waals surface area contributed by atoms with Gasteiger partial charge in [-0.3, -0.25) is 0 Å². The van der Waals surface area contributed by atoms with Crippen LogP contribution in [0.2, 0.25) is 0 Å². The van der Waals surface area contributed by atoms with Gasteiger partial charge in [0.2, 0.25) is 4.80 Å². The highest BCUT2D eigenvalue weighted by atomic mass is 32.1. The molecule has 0 saturated carbocycles. The number of aryl methyl sites for hydroxylation is 1. The Balaban J connectivity index is 1.95. The maximum Gasteiger partial charge on any atom is 0.211 e. The number of benzene rings is 2. The average molecular weight is 327 g/mol. The van der Waals surface area contributed by atoms with Gasteiger partial charge in [0.15, 0.2) is 0 Å². The molecule has 0 bridgehead atoms. The van der Waals surface area contributed by atoms with Gasteiger partial charge >= 0.3 is 0 Å². The molecular weight excluding hydrogens is 310 g/mol. The molecule has 0 atom stereocenters. The second kappa shape index (κ2) is 6.66. The molecule has 0 aliphatic rings. The van der Waals surface area contributed by atoms with Gasteiger partial charge in [0.25, 0.3) is 0 Å². The van der Waals surface area contributed by atoms with Gasteiger partial charge in [-0.1, -0.05) is 23.5 Å². The van der Waals surface area contributed by atoms with E-state index in [1.165, 1.54) is 4.70 Å². The number of hydrogen-bond acceptors (Lipinski definition) is 5. The summed E-state index contributed by atoms with van der Waals surface area (Å²) in [6.07, 6.45) is 1.68. The molecule has 1 aromatic heterocycles. The SMILES string of the molecule is COc1ccc(/C=N\N=c2/sc3ccccc3n2C)c(OC)c1. The van der Waals surface area contributed by atoms with Gasteiger partial charge in [-0.25, -0.2) is 0 Å². The molecular formula is C17H17N3O2S. The summed E-state index contributed by atoms with van der Waals surface area (Å²) in [6.45, 7) is 0. The van der Waals surface area contributed by atoms with E-state index in [1.807, 2.05) is 41.9 Å². The molecule has 0 radical (unpaired) electrons. The van der Waals surface area contributed by atoms with Crippen molar-refractivity contribution in [2.75, 3.05) is 14.2 Å². The van der Waals surface area contributed by atoms with E-state index in [1.54, 1.807) is 31.8 Å². The molecule has 5 nitrogen and oxygen atoms in total. The van der Waals surface area contributed by atoms with Crippen molar-refractivity contribution in [2.45, 2.75) is 0 Å². The summed E-state index contributed by atoms with van der Waals surface area (Å²) in [6, 6.07) is 13.8. The molecule has 0 aliphatic heterocycles. The van der Waals surface area contributed by atoms with Gasteiger partial charge in [-0.2, -0.15) is 5.10 Å². The molecule has 0 amide bonds. The van der Waals surface area contributed by atoms with Crippen LogP contribution in [0.5, 0.6) is 11.5 Å². The second-order valence-electron chi connectivity index (χ2n) is 4.86. The van der Waals surface area contributed by atoms with Gasteiger partial charge in [-0.15, -0.1) is 5.10 Å². The van der Waals surface area contributed by atoms with Crippen LogP contribution >= 0.6 is 11.3 Å². The minimum absolute atomic E-state index is 0.698. The Hall–Kier alpha value is -2.60. The summed E-state index contributed by atoms with van der Waals surface area (Å²) < 4.78 is 13.7. The van der Waals surface area contributed by atoms with E-state index in [-0.39, 0.29) is 0 Å². The molecule has 0 aliphatic carbocycles. The van der Waals surface area contributed by atoms with Crippen LogP contribution in [-0.4, -0.2) is 25.0 Å². The van der Waals surface area contributed by atoms with Crippen LogP contribution < -0.4 is 14.3 Å². The van der Waals surface area contributed by atoms with E-state index < -0.39 is 0 Å². The van der Waals surface area contributed by atoms with Crippen molar-refractivity contribution >= 4 is 27.8 Å². The molecule has 0 spiro atoms. The molecule has 3 aromatic rings. The van der Waals surface area contributed by atoms with Crippen molar-refractivity contribution in [3.05, 3.63) is 52.8 Å². The summed E-state index contributed by atoms with van der Waals surface area (Å²) >= 11 is 1.61. The lowest BCUT2D eigenvalue weighted by molar-refractivity contribution is 0.394. The summed E-state index contributed by atoms with van der Waals surface area (Å²) in [5, 5.41) is 8.52. The number of thiazole rings is 1. The van der Waals surface area contributed by atoms with Crippen LogP contribution in [0, 0.1) is 0 Å². The first-order chi connectivity index (χ1) is 11.2. The molecule has 6 heteroatoms. The standard InChI is InChI=1S/C17H17N3O2S/c1-20-14-6-4-5-7-16(14)23-17(20)19-18-11-12-8-9-13(21-2)10-15(12)22-3/h4-11H,1-3H3/b18-11-,19-17-. The molecule has 3 rings (SSSR count). The number of nitrogens with zero attached hydrogens (tertiary/aromatic N) is 3. The Labute approximate surface area is 138 Å². The van der Waals surface area contributed by atoms with E-state index >= 15 is 0 Å². The molecule has 0 fully saturated rings. The first-order valence-corrected chi connectivity index (χ1v) is 7.88. The first kappa shape index (κ1) is 15.3. The molecule has 0 N–H and O–H groups in total. The van der Waals surface area contributed by atoms with Crippen LogP contribution in [0.3, 0.4) is 0 Å². The van der Waals surface area contributed by atoms with Crippen molar-refractivity contribution in [3.63, 3.8) is 0 Å². The first-order valence-electron chi connectivity index (χ1n) is 7.06. The molecule has 0 saturated heterocycles. The average Bonchev–Trinajstić information content (AvgIpc) is 2.91. The largest absolute Gasteiger partial charge is 0.497 e. The predicted octanol–water partition coefficient (Wildman–Crippen LogP) is 3.19. The third-order valence-corrected chi connectivity index (χ3v) is 4.60. The number of para-hydroxylation sites is 1. The monoisotopic (exact) mass is 327 g/mol. The molecule has 2 aromatic carbocycles. The van der Waals surface area contributed by atoms with Gasteiger partial charge in [0, 0.05) is 18.7 Å². The van der Waals surface area contributed by atoms with E-state index in [4.69, 9.17) is 9.47 Å². The number of fused-ring (bicyclic) bond motifs is 1. The number of ether oxygens (including phenoxy) is 2. The molecule has 118 valence electrons. The van der Waals surface area contributed by atoms with Crippen LogP contribution in [0.4, 0.5) is 0 Å². The quantitative estimate of drug-likeness (QED) is 0.546.